The molecule has 0 aliphatic carbocycles. The van der Waals surface area contributed by atoms with Gasteiger partial charge in [-0.1, -0.05) is 55.0 Å². The normalized spacial score (nSPS) is 37.2. The average molecular weight is 603 g/mol. The van der Waals surface area contributed by atoms with Crippen LogP contribution in [0.4, 0.5) is 0 Å². The van der Waals surface area contributed by atoms with Crippen LogP contribution < -0.4 is 0 Å². The Hall–Kier alpha value is -2.11. The van der Waals surface area contributed by atoms with Crippen molar-refractivity contribution in [3.05, 3.63) is 60.3 Å². The van der Waals surface area contributed by atoms with Gasteiger partial charge in [-0.15, -0.1) is 0 Å². The molecule has 10 unspecified atom stereocenters. The molecule has 2 N–H and O–H groups in total. The molecule has 0 aromatic heterocycles. The van der Waals surface area contributed by atoms with Crippen LogP contribution in [0.25, 0.3) is 0 Å². The molecule has 0 radical (unpaired) electrons. The van der Waals surface area contributed by atoms with Gasteiger partial charge in [0.2, 0.25) is 6.29 Å². The van der Waals surface area contributed by atoms with Crippen molar-refractivity contribution in [1.82, 2.24) is 0 Å². The van der Waals surface area contributed by atoms with Crippen LogP contribution in [-0.4, -0.2) is 76.9 Å². The summed E-state index contributed by atoms with van der Waals surface area (Å²) in [6, 6.07) is 0. The lowest BCUT2D eigenvalue weighted by Crippen LogP contribution is -2.33. The van der Waals surface area contributed by atoms with Crippen molar-refractivity contribution < 1.29 is 43.7 Å². The molecule has 1 saturated heterocycles. The van der Waals surface area contributed by atoms with Crippen LogP contribution in [0.3, 0.4) is 0 Å². The second-order valence-electron chi connectivity index (χ2n) is 13.4. The summed E-state index contributed by atoms with van der Waals surface area (Å²) in [5.41, 5.74) is 1.54. The first-order chi connectivity index (χ1) is 20.3. The summed E-state index contributed by atoms with van der Waals surface area (Å²) in [4.78, 5) is 23.7. The van der Waals surface area contributed by atoms with Crippen LogP contribution in [0.15, 0.2) is 60.3 Å². The Balaban J connectivity index is 1.42. The van der Waals surface area contributed by atoms with Gasteiger partial charge in [-0.2, -0.15) is 4.89 Å². The van der Waals surface area contributed by atoms with Gasteiger partial charge in [0.25, 0.3) is 0 Å². The Bertz CT molecular complexity index is 1070. The summed E-state index contributed by atoms with van der Waals surface area (Å²) in [6.07, 6.45) is 12.3. The number of ether oxygens (including phenoxy) is 4. The molecular formula is C34H50O9. The van der Waals surface area contributed by atoms with Crippen LogP contribution in [0.5, 0.6) is 0 Å². The Morgan fingerprint density at radius 2 is 1.88 bits per heavy atom. The molecule has 2 bridgehead atoms. The summed E-state index contributed by atoms with van der Waals surface area (Å²) >= 11 is 0. The minimum Gasteiger partial charge on any atom is -0.456 e. The highest BCUT2D eigenvalue weighted by Crippen LogP contribution is 2.35. The Morgan fingerprint density at radius 3 is 2.65 bits per heavy atom. The third-order valence-corrected chi connectivity index (χ3v) is 7.82. The number of esters is 1. The predicted octanol–water partition coefficient (Wildman–Crippen LogP) is 5.18. The topological polar surface area (TPSA) is 116 Å². The van der Waals surface area contributed by atoms with Crippen molar-refractivity contribution in [3.63, 3.8) is 0 Å². The van der Waals surface area contributed by atoms with E-state index in [4.69, 9.17) is 28.7 Å². The van der Waals surface area contributed by atoms with Crippen molar-refractivity contribution in [3.8, 4) is 0 Å². The lowest BCUT2D eigenvalue weighted by Gasteiger charge is -2.28. The first kappa shape index (κ1) is 33.8. The zero-order chi connectivity index (χ0) is 31.1. The Morgan fingerprint density at radius 1 is 1.09 bits per heavy atom. The summed E-state index contributed by atoms with van der Waals surface area (Å²) in [5, 5.41) is 22.0. The molecule has 4 heterocycles. The summed E-state index contributed by atoms with van der Waals surface area (Å²) < 4.78 is 23.7. The van der Waals surface area contributed by atoms with E-state index in [1.165, 1.54) is 6.08 Å². The second-order valence-corrected chi connectivity index (χ2v) is 13.4. The fourth-order valence-electron chi connectivity index (χ4n) is 5.79. The number of aliphatic hydroxyl groups is 2. The van der Waals surface area contributed by atoms with Gasteiger partial charge < -0.3 is 29.2 Å². The van der Waals surface area contributed by atoms with Crippen molar-refractivity contribution >= 4 is 5.97 Å². The predicted molar refractivity (Wildman–Crippen MR) is 162 cm³/mol. The molecule has 10 atom stereocenters. The van der Waals surface area contributed by atoms with Gasteiger partial charge in [-0.3, -0.25) is 0 Å². The lowest BCUT2D eigenvalue weighted by atomic mass is 9.91. The zero-order valence-corrected chi connectivity index (χ0v) is 26.2. The molecular weight excluding hydrogens is 552 g/mol. The largest absolute Gasteiger partial charge is 0.456 e. The Labute approximate surface area is 256 Å². The van der Waals surface area contributed by atoms with Crippen LogP contribution >= 0.6 is 0 Å². The van der Waals surface area contributed by atoms with Crippen molar-refractivity contribution in [1.29, 1.82) is 0 Å². The van der Waals surface area contributed by atoms with Gasteiger partial charge >= 0.3 is 5.97 Å². The maximum absolute atomic E-state index is 12.8. The zero-order valence-electron chi connectivity index (χ0n) is 26.2. The smallest absolute Gasteiger partial charge is 0.330 e. The minimum atomic E-state index is -1.12. The molecule has 9 nitrogen and oxygen atoms in total. The van der Waals surface area contributed by atoms with Gasteiger partial charge in [0, 0.05) is 12.5 Å². The van der Waals surface area contributed by atoms with Gasteiger partial charge in [0.1, 0.15) is 18.3 Å². The molecule has 0 aromatic carbocycles. The lowest BCUT2D eigenvalue weighted by molar-refractivity contribution is -0.408. The first-order valence-electron chi connectivity index (χ1n) is 15.6. The third-order valence-electron chi connectivity index (χ3n) is 7.82. The molecule has 0 amide bonds. The van der Waals surface area contributed by atoms with Crippen molar-refractivity contribution in [2.75, 3.05) is 0 Å². The van der Waals surface area contributed by atoms with E-state index in [0.717, 1.165) is 30.4 Å². The maximum Gasteiger partial charge on any atom is 0.330 e. The van der Waals surface area contributed by atoms with Crippen molar-refractivity contribution in [2.24, 2.45) is 5.92 Å². The monoisotopic (exact) mass is 602 g/mol. The molecule has 240 valence electrons. The van der Waals surface area contributed by atoms with E-state index in [2.05, 4.69) is 19.6 Å². The van der Waals surface area contributed by atoms with Gasteiger partial charge in [-0.25, -0.2) is 9.68 Å². The van der Waals surface area contributed by atoms with E-state index in [9.17, 15) is 15.0 Å². The van der Waals surface area contributed by atoms with Crippen LogP contribution in [0.2, 0.25) is 0 Å². The fourth-order valence-corrected chi connectivity index (χ4v) is 5.79. The number of epoxide rings is 1. The molecule has 1 fully saturated rings. The summed E-state index contributed by atoms with van der Waals surface area (Å²) in [7, 11) is 0. The minimum absolute atomic E-state index is 0.102. The van der Waals surface area contributed by atoms with E-state index >= 15 is 0 Å². The molecule has 4 aliphatic heterocycles. The SMILES string of the molecule is C=C1CC(C)CC2CC=CC(CC=CC(=O)OC(C(O)C=CC3CC(C)=CC(OOC(C)(C)C)O3)CC3OC3C(O)C1)O2. The highest BCUT2D eigenvalue weighted by Gasteiger charge is 2.46. The number of hydrogen-bond acceptors (Lipinski definition) is 9. The first-order valence-corrected chi connectivity index (χ1v) is 15.6. The van der Waals surface area contributed by atoms with Gasteiger partial charge in [-0.05, 0) is 78.2 Å². The molecule has 0 aromatic rings. The number of carbonyl (C=O) groups excluding carboxylic acids is 1. The molecule has 9 heteroatoms. The molecule has 0 saturated carbocycles. The molecule has 4 aliphatic rings. The number of cyclic esters (lactones) is 1. The number of hydrogen-bond donors (Lipinski definition) is 2. The van der Waals surface area contributed by atoms with Crippen LogP contribution in [0, 0.1) is 5.92 Å². The van der Waals surface area contributed by atoms with Gasteiger partial charge in [0.15, 0.2) is 0 Å². The molecule has 0 spiro atoms. The average Bonchev–Trinajstić information content (AvgIpc) is 3.68. The standard InChI is InChI=1S/C34H50O9/c1-21-15-22(2)18-28(36)33-30(41-33)20-29(40-31(37)12-8-10-24-9-7-11-25(16-21)38-24)27(35)14-13-26-17-23(3)19-32(39-26)42-43-34(4,5)6/h7-9,12-14,19,21,24-30,32-33,35-36H,2,10-11,15-18,20H2,1,3-6H3. The van der Waals surface area contributed by atoms with E-state index in [-0.39, 0.29) is 30.8 Å². The van der Waals surface area contributed by atoms with E-state index < -0.39 is 42.3 Å². The summed E-state index contributed by atoms with van der Waals surface area (Å²) in [5.74, 6) is -0.195. The van der Waals surface area contributed by atoms with Crippen LogP contribution in [0.1, 0.15) is 79.6 Å². The highest BCUT2D eigenvalue weighted by atomic mass is 17.2. The quantitative estimate of drug-likeness (QED) is 0.144. The summed E-state index contributed by atoms with van der Waals surface area (Å²) in [6.45, 7) is 14.0. The number of aliphatic hydroxyl groups excluding tert-OH is 2. The van der Waals surface area contributed by atoms with Crippen molar-refractivity contribution in [2.45, 2.75) is 140 Å². The van der Waals surface area contributed by atoms with Gasteiger partial charge in [0.05, 0.1) is 36.1 Å². The molecule has 43 heavy (non-hydrogen) atoms. The van der Waals surface area contributed by atoms with E-state index in [1.807, 2.05) is 39.8 Å². The third kappa shape index (κ3) is 11.4. The number of rotatable bonds is 5. The molecule has 4 rings (SSSR count). The van der Waals surface area contributed by atoms with E-state index in [0.29, 0.717) is 25.2 Å². The number of carbonyl (C=O) groups is 1. The van der Waals surface area contributed by atoms with E-state index in [1.54, 1.807) is 18.2 Å². The highest BCUT2D eigenvalue weighted by molar-refractivity contribution is 5.82. The number of fused-ring (bicyclic) bond motifs is 3. The van der Waals surface area contributed by atoms with Crippen LogP contribution in [-0.2, 0) is 33.5 Å². The fraction of sp³-hybridized carbons (Fsp3) is 0.676. The maximum atomic E-state index is 12.8. The Kier molecular flexibility index (Phi) is 12.0. The second kappa shape index (κ2) is 15.3.